The van der Waals surface area contributed by atoms with Crippen molar-refractivity contribution in [2.45, 2.75) is 19.8 Å². The Labute approximate surface area is 117 Å². The fourth-order valence-corrected chi connectivity index (χ4v) is 1.59. The third-order valence-electron chi connectivity index (χ3n) is 2.65. The van der Waals surface area contributed by atoms with Crippen molar-refractivity contribution in [3.05, 3.63) is 42.0 Å². The Morgan fingerprint density at radius 3 is 2.60 bits per heavy atom. The normalized spacial score (nSPS) is 9.85. The second kappa shape index (κ2) is 7.99. The monoisotopic (exact) mass is 278 g/mol. The van der Waals surface area contributed by atoms with Crippen LogP contribution in [0.1, 0.15) is 28.8 Å². The lowest BCUT2D eigenvalue weighted by molar-refractivity contribution is -0.137. The number of benzene rings is 1. The average Bonchev–Trinajstić information content (AvgIpc) is 2.42. The number of carbonyl (C=O) groups is 2. The molecule has 0 aliphatic rings. The van der Waals surface area contributed by atoms with Gasteiger partial charge in [-0.15, -0.1) is 0 Å². The summed E-state index contributed by atoms with van der Waals surface area (Å²) in [5.41, 5.74) is 0.934. The lowest BCUT2D eigenvalue weighted by Crippen LogP contribution is -2.05. The number of aromatic carboxylic acids is 1. The zero-order valence-corrected chi connectivity index (χ0v) is 11.4. The standard InChI is InChI=1S/C15H18O5/c1-3-14(16)20-9-5-4-8-19-12-6-7-13(15(17)18)11(2)10-12/h3,6-7,10H,1,4-5,8-9H2,2H3,(H,17,18). The first-order valence-electron chi connectivity index (χ1n) is 6.30. The minimum absolute atomic E-state index is 0.272. The quantitative estimate of drug-likeness (QED) is 0.449. The van der Waals surface area contributed by atoms with Crippen LogP contribution in [0.5, 0.6) is 5.75 Å². The molecule has 0 amide bonds. The minimum atomic E-state index is -0.946. The zero-order valence-electron chi connectivity index (χ0n) is 11.4. The van der Waals surface area contributed by atoms with E-state index >= 15 is 0 Å². The number of ether oxygens (including phenoxy) is 2. The predicted octanol–water partition coefficient (Wildman–Crippen LogP) is 2.58. The van der Waals surface area contributed by atoms with Crippen LogP contribution < -0.4 is 4.74 Å². The second-order valence-corrected chi connectivity index (χ2v) is 4.21. The molecule has 0 saturated heterocycles. The molecule has 0 radical (unpaired) electrons. The molecule has 1 aromatic carbocycles. The smallest absolute Gasteiger partial charge is 0.335 e. The molecule has 5 nitrogen and oxygen atoms in total. The number of carbonyl (C=O) groups excluding carboxylic acids is 1. The number of hydrogen-bond donors (Lipinski definition) is 1. The SMILES string of the molecule is C=CC(=O)OCCCCOc1ccc(C(=O)O)c(C)c1. The van der Waals surface area contributed by atoms with Crippen LogP contribution >= 0.6 is 0 Å². The van der Waals surface area contributed by atoms with Gasteiger partial charge in [-0.05, 0) is 43.5 Å². The Balaban J connectivity index is 2.29. The van der Waals surface area contributed by atoms with Gasteiger partial charge in [0.2, 0.25) is 0 Å². The Kier molecular flexibility index (Phi) is 6.29. The molecule has 0 aliphatic heterocycles. The molecular formula is C15H18O5. The summed E-state index contributed by atoms with van der Waals surface area (Å²) in [5, 5.41) is 8.91. The van der Waals surface area contributed by atoms with Gasteiger partial charge in [-0.1, -0.05) is 6.58 Å². The molecule has 1 aromatic rings. The molecule has 0 atom stereocenters. The summed E-state index contributed by atoms with van der Waals surface area (Å²) in [7, 11) is 0. The van der Waals surface area contributed by atoms with E-state index in [-0.39, 0.29) is 5.56 Å². The summed E-state index contributed by atoms with van der Waals surface area (Å²) in [6.07, 6.45) is 2.57. The fourth-order valence-electron chi connectivity index (χ4n) is 1.59. The lowest BCUT2D eigenvalue weighted by atomic mass is 10.1. The lowest BCUT2D eigenvalue weighted by Gasteiger charge is -2.08. The number of carboxylic acids is 1. The highest BCUT2D eigenvalue weighted by atomic mass is 16.5. The van der Waals surface area contributed by atoms with Crippen LogP contribution in [0.2, 0.25) is 0 Å². The second-order valence-electron chi connectivity index (χ2n) is 4.21. The molecule has 1 rings (SSSR count). The van der Waals surface area contributed by atoms with Crippen LogP contribution in [0.15, 0.2) is 30.9 Å². The highest BCUT2D eigenvalue weighted by Gasteiger charge is 2.07. The summed E-state index contributed by atoms with van der Waals surface area (Å²) in [4.78, 5) is 21.6. The molecule has 5 heteroatoms. The van der Waals surface area contributed by atoms with E-state index in [9.17, 15) is 9.59 Å². The number of esters is 1. The maximum atomic E-state index is 10.9. The van der Waals surface area contributed by atoms with Crippen LogP contribution in [-0.4, -0.2) is 30.3 Å². The van der Waals surface area contributed by atoms with Gasteiger partial charge in [0.25, 0.3) is 0 Å². The number of rotatable bonds is 8. The van der Waals surface area contributed by atoms with E-state index in [0.29, 0.717) is 30.9 Å². The fraction of sp³-hybridized carbons (Fsp3) is 0.333. The highest BCUT2D eigenvalue weighted by molar-refractivity contribution is 5.89. The van der Waals surface area contributed by atoms with Crippen LogP contribution in [-0.2, 0) is 9.53 Å². The van der Waals surface area contributed by atoms with Crippen LogP contribution in [0, 0.1) is 6.92 Å². The Bertz CT molecular complexity index is 493. The molecule has 0 saturated carbocycles. The molecule has 1 N–H and O–H groups in total. The number of aryl methyl sites for hydroxylation is 1. The third kappa shape index (κ3) is 5.14. The molecule has 0 unspecified atom stereocenters. The number of unbranched alkanes of at least 4 members (excludes halogenated alkanes) is 1. The third-order valence-corrected chi connectivity index (χ3v) is 2.65. The van der Waals surface area contributed by atoms with E-state index in [4.69, 9.17) is 14.6 Å². The van der Waals surface area contributed by atoms with Crippen molar-refractivity contribution in [3.8, 4) is 5.75 Å². The van der Waals surface area contributed by atoms with E-state index in [1.165, 1.54) is 6.07 Å². The summed E-state index contributed by atoms with van der Waals surface area (Å²) in [6, 6.07) is 4.86. The van der Waals surface area contributed by atoms with Gasteiger partial charge < -0.3 is 14.6 Å². The van der Waals surface area contributed by atoms with E-state index in [1.54, 1.807) is 19.1 Å². The number of hydrogen-bond acceptors (Lipinski definition) is 4. The van der Waals surface area contributed by atoms with Gasteiger partial charge in [0.15, 0.2) is 0 Å². The van der Waals surface area contributed by atoms with Gasteiger partial charge in [0.1, 0.15) is 5.75 Å². The molecule has 0 fully saturated rings. The van der Waals surface area contributed by atoms with Crippen molar-refractivity contribution < 1.29 is 24.2 Å². The zero-order chi connectivity index (χ0) is 15.0. The van der Waals surface area contributed by atoms with Crippen molar-refractivity contribution in [1.82, 2.24) is 0 Å². The van der Waals surface area contributed by atoms with E-state index in [2.05, 4.69) is 6.58 Å². The van der Waals surface area contributed by atoms with Gasteiger partial charge in [-0.25, -0.2) is 9.59 Å². The van der Waals surface area contributed by atoms with Crippen molar-refractivity contribution in [3.63, 3.8) is 0 Å². The van der Waals surface area contributed by atoms with Gasteiger partial charge in [-0.3, -0.25) is 0 Å². The van der Waals surface area contributed by atoms with Crippen LogP contribution in [0.3, 0.4) is 0 Å². The van der Waals surface area contributed by atoms with Gasteiger partial charge >= 0.3 is 11.9 Å². The van der Waals surface area contributed by atoms with Crippen molar-refractivity contribution in [2.24, 2.45) is 0 Å². The Morgan fingerprint density at radius 2 is 2.00 bits per heavy atom. The van der Waals surface area contributed by atoms with Gasteiger partial charge in [0.05, 0.1) is 18.8 Å². The highest BCUT2D eigenvalue weighted by Crippen LogP contribution is 2.17. The molecule has 0 heterocycles. The average molecular weight is 278 g/mol. The molecule has 0 aromatic heterocycles. The number of carboxylic acid groups (broad SMARTS) is 1. The Hall–Kier alpha value is -2.30. The van der Waals surface area contributed by atoms with Gasteiger partial charge in [-0.2, -0.15) is 0 Å². The van der Waals surface area contributed by atoms with E-state index < -0.39 is 11.9 Å². The summed E-state index contributed by atoms with van der Waals surface area (Å²) >= 11 is 0. The largest absolute Gasteiger partial charge is 0.494 e. The first kappa shape index (κ1) is 15.8. The molecule has 20 heavy (non-hydrogen) atoms. The molecule has 0 aliphatic carbocycles. The van der Waals surface area contributed by atoms with Crippen LogP contribution in [0.25, 0.3) is 0 Å². The summed E-state index contributed by atoms with van der Waals surface area (Å²) in [5.74, 6) is -0.737. The molecular weight excluding hydrogens is 260 g/mol. The van der Waals surface area contributed by atoms with Crippen LogP contribution in [0.4, 0.5) is 0 Å². The van der Waals surface area contributed by atoms with Crippen molar-refractivity contribution in [1.29, 1.82) is 0 Å². The first-order valence-corrected chi connectivity index (χ1v) is 6.30. The maximum Gasteiger partial charge on any atom is 0.335 e. The predicted molar refractivity (Wildman–Crippen MR) is 74.0 cm³/mol. The maximum absolute atomic E-state index is 10.9. The summed E-state index contributed by atoms with van der Waals surface area (Å²) in [6.45, 7) is 5.85. The minimum Gasteiger partial charge on any atom is -0.494 e. The van der Waals surface area contributed by atoms with E-state index in [0.717, 1.165) is 12.5 Å². The van der Waals surface area contributed by atoms with E-state index in [1.807, 2.05) is 0 Å². The van der Waals surface area contributed by atoms with Crippen molar-refractivity contribution in [2.75, 3.05) is 13.2 Å². The molecule has 0 spiro atoms. The topological polar surface area (TPSA) is 72.8 Å². The Morgan fingerprint density at radius 1 is 1.30 bits per heavy atom. The molecule has 0 bridgehead atoms. The van der Waals surface area contributed by atoms with Crippen molar-refractivity contribution >= 4 is 11.9 Å². The summed E-state index contributed by atoms with van der Waals surface area (Å²) < 4.78 is 10.3. The first-order chi connectivity index (χ1) is 9.54. The molecule has 108 valence electrons. The van der Waals surface area contributed by atoms with Gasteiger partial charge in [0, 0.05) is 6.08 Å².